The van der Waals surface area contributed by atoms with E-state index in [1.807, 2.05) is 0 Å². The highest BCUT2D eigenvalue weighted by molar-refractivity contribution is 5.53. The van der Waals surface area contributed by atoms with Gasteiger partial charge in [0.25, 0.3) is 0 Å². The van der Waals surface area contributed by atoms with Gasteiger partial charge in [0.2, 0.25) is 0 Å². The van der Waals surface area contributed by atoms with Crippen molar-refractivity contribution in [3.8, 4) is 0 Å². The first-order valence-electron chi connectivity index (χ1n) is 5.44. The Morgan fingerprint density at radius 1 is 1.62 bits per heavy atom. The van der Waals surface area contributed by atoms with E-state index in [1.165, 1.54) is 25.9 Å². The third kappa shape index (κ3) is 3.47. The van der Waals surface area contributed by atoms with Crippen molar-refractivity contribution in [3.05, 3.63) is 0 Å². The molecule has 2 atom stereocenters. The molecule has 76 valence electrons. The lowest BCUT2D eigenvalue weighted by atomic mass is 9.98. The van der Waals surface area contributed by atoms with E-state index in [4.69, 9.17) is 0 Å². The Labute approximate surface area is 81.3 Å². The topological polar surface area (TPSA) is 20.3 Å². The van der Waals surface area contributed by atoms with Crippen LogP contribution in [0.2, 0.25) is 0 Å². The molecule has 0 spiro atoms. The Morgan fingerprint density at radius 3 is 3.00 bits per heavy atom. The second-order valence-corrected chi connectivity index (χ2v) is 4.31. The lowest BCUT2D eigenvalue weighted by molar-refractivity contribution is -0.112. The number of nitrogens with zero attached hydrogens (tertiary/aromatic N) is 1. The number of carbonyl (C=O) groups is 1. The van der Waals surface area contributed by atoms with Gasteiger partial charge in [0.15, 0.2) is 0 Å². The van der Waals surface area contributed by atoms with Crippen molar-refractivity contribution in [1.29, 1.82) is 0 Å². The molecule has 0 aliphatic carbocycles. The third-order valence-corrected chi connectivity index (χ3v) is 3.00. The molecule has 0 saturated carbocycles. The van der Waals surface area contributed by atoms with Crippen LogP contribution in [0.25, 0.3) is 0 Å². The van der Waals surface area contributed by atoms with E-state index in [2.05, 4.69) is 18.7 Å². The highest BCUT2D eigenvalue weighted by atomic mass is 16.1. The maximum atomic E-state index is 10.6. The molecule has 1 rings (SSSR count). The summed E-state index contributed by atoms with van der Waals surface area (Å²) in [6.07, 6.45) is 4.66. The molecule has 1 saturated heterocycles. The zero-order chi connectivity index (χ0) is 9.68. The fourth-order valence-corrected chi connectivity index (χ4v) is 1.94. The second-order valence-electron chi connectivity index (χ2n) is 4.31. The van der Waals surface area contributed by atoms with Crippen molar-refractivity contribution >= 4 is 6.29 Å². The molecule has 0 radical (unpaired) electrons. The number of piperidine rings is 1. The fourth-order valence-electron chi connectivity index (χ4n) is 1.94. The molecule has 1 fully saturated rings. The van der Waals surface area contributed by atoms with E-state index in [1.54, 1.807) is 0 Å². The number of likely N-dealkylation sites (tertiary alicyclic amines) is 1. The standard InChI is InChI=1S/C11H21NO/c1-3-10(2)7-12-6-4-5-11(8-12)9-13/h9-11H,3-8H2,1-2H3. The Kier molecular flexibility index (Phi) is 4.43. The maximum absolute atomic E-state index is 10.6. The molecular weight excluding hydrogens is 162 g/mol. The summed E-state index contributed by atoms with van der Waals surface area (Å²) in [5.41, 5.74) is 0. The third-order valence-electron chi connectivity index (χ3n) is 3.00. The van der Waals surface area contributed by atoms with Gasteiger partial charge in [-0.3, -0.25) is 0 Å². The number of aldehydes is 1. The van der Waals surface area contributed by atoms with Gasteiger partial charge in [-0.15, -0.1) is 0 Å². The van der Waals surface area contributed by atoms with Gasteiger partial charge in [0, 0.05) is 19.0 Å². The van der Waals surface area contributed by atoms with E-state index in [0.29, 0.717) is 5.92 Å². The minimum Gasteiger partial charge on any atom is -0.303 e. The average molecular weight is 183 g/mol. The number of hydrogen-bond acceptors (Lipinski definition) is 2. The van der Waals surface area contributed by atoms with Crippen molar-refractivity contribution in [2.45, 2.75) is 33.1 Å². The van der Waals surface area contributed by atoms with Gasteiger partial charge < -0.3 is 9.69 Å². The number of carbonyl (C=O) groups excluding carboxylic acids is 1. The van der Waals surface area contributed by atoms with Crippen LogP contribution >= 0.6 is 0 Å². The maximum Gasteiger partial charge on any atom is 0.124 e. The summed E-state index contributed by atoms with van der Waals surface area (Å²) in [4.78, 5) is 13.1. The van der Waals surface area contributed by atoms with Crippen LogP contribution in [0.4, 0.5) is 0 Å². The van der Waals surface area contributed by atoms with E-state index >= 15 is 0 Å². The Hall–Kier alpha value is -0.370. The minimum atomic E-state index is 0.304. The van der Waals surface area contributed by atoms with E-state index < -0.39 is 0 Å². The van der Waals surface area contributed by atoms with Crippen LogP contribution in [0.5, 0.6) is 0 Å². The average Bonchev–Trinajstić information content (AvgIpc) is 2.18. The SMILES string of the molecule is CCC(C)CN1CCCC(C=O)C1. The van der Waals surface area contributed by atoms with Crippen molar-refractivity contribution in [2.24, 2.45) is 11.8 Å². The predicted octanol–water partition coefficient (Wildman–Crippen LogP) is 1.94. The van der Waals surface area contributed by atoms with Crippen molar-refractivity contribution in [1.82, 2.24) is 4.90 Å². The van der Waals surface area contributed by atoms with Crippen LogP contribution in [0.15, 0.2) is 0 Å². The molecule has 1 aliphatic rings. The van der Waals surface area contributed by atoms with Crippen LogP contribution in [0, 0.1) is 11.8 Å². The molecule has 13 heavy (non-hydrogen) atoms. The molecule has 0 aromatic heterocycles. The summed E-state index contributed by atoms with van der Waals surface area (Å²) in [5.74, 6) is 1.07. The molecule has 0 N–H and O–H groups in total. The second kappa shape index (κ2) is 5.38. The van der Waals surface area contributed by atoms with Crippen molar-refractivity contribution in [2.75, 3.05) is 19.6 Å². The zero-order valence-corrected chi connectivity index (χ0v) is 8.83. The molecule has 0 aromatic rings. The molecule has 1 heterocycles. The van der Waals surface area contributed by atoms with Crippen molar-refractivity contribution in [3.63, 3.8) is 0 Å². The highest BCUT2D eigenvalue weighted by Crippen LogP contribution is 2.16. The predicted molar refractivity (Wildman–Crippen MR) is 54.7 cm³/mol. The van der Waals surface area contributed by atoms with Gasteiger partial charge in [-0.05, 0) is 25.3 Å². The van der Waals surface area contributed by atoms with Crippen LogP contribution in [0.1, 0.15) is 33.1 Å². The molecule has 2 unspecified atom stereocenters. The molecule has 2 heteroatoms. The lowest BCUT2D eigenvalue weighted by Crippen LogP contribution is -2.38. The van der Waals surface area contributed by atoms with E-state index in [-0.39, 0.29) is 0 Å². The quantitative estimate of drug-likeness (QED) is 0.621. The minimum absolute atomic E-state index is 0.304. The van der Waals surface area contributed by atoms with Crippen molar-refractivity contribution < 1.29 is 4.79 Å². The largest absolute Gasteiger partial charge is 0.303 e. The van der Waals surface area contributed by atoms with Crippen LogP contribution in [0.3, 0.4) is 0 Å². The summed E-state index contributed by atoms with van der Waals surface area (Å²) in [6.45, 7) is 7.86. The Bertz CT molecular complexity index is 158. The Morgan fingerprint density at radius 2 is 2.38 bits per heavy atom. The molecule has 0 amide bonds. The van der Waals surface area contributed by atoms with Gasteiger partial charge in [0.05, 0.1) is 0 Å². The summed E-state index contributed by atoms with van der Waals surface area (Å²) in [5, 5.41) is 0. The van der Waals surface area contributed by atoms with E-state index in [0.717, 1.165) is 25.2 Å². The van der Waals surface area contributed by atoms with Gasteiger partial charge in [-0.25, -0.2) is 0 Å². The summed E-state index contributed by atoms with van der Waals surface area (Å²) in [6, 6.07) is 0. The smallest absolute Gasteiger partial charge is 0.124 e. The van der Waals surface area contributed by atoms with Crippen LogP contribution in [-0.2, 0) is 4.79 Å². The molecule has 0 bridgehead atoms. The first kappa shape index (κ1) is 10.7. The molecule has 1 aliphatic heterocycles. The first-order valence-corrected chi connectivity index (χ1v) is 5.44. The number of hydrogen-bond donors (Lipinski definition) is 0. The van der Waals surface area contributed by atoms with E-state index in [9.17, 15) is 4.79 Å². The van der Waals surface area contributed by atoms with Crippen LogP contribution in [-0.4, -0.2) is 30.8 Å². The summed E-state index contributed by atoms with van der Waals surface area (Å²) < 4.78 is 0. The van der Waals surface area contributed by atoms with Gasteiger partial charge >= 0.3 is 0 Å². The Balaban J connectivity index is 2.29. The molecular formula is C11H21NO. The normalized spacial score (nSPS) is 27.1. The monoisotopic (exact) mass is 183 g/mol. The zero-order valence-electron chi connectivity index (χ0n) is 8.83. The highest BCUT2D eigenvalue weighted by Gasteiger charge is 2.19. The summed E-state index contributed by atoms with van der Waals surface area (Å²) in [7, 11) is 0. The number of rotatable bonds is 4. The fraction of sp³-hybridized carbons (Fsp3) is 0.909. The first-order chi connectivity index (χ1) is 6.26. The van der Waals surface area contributed by atoms with Gasteiger partial charge in [0.1, 0.15) is 6.29 Å². The van der Waals surface area contributed by atoms with Gasteiger partial charge in [-0.1, -0.05) is 20.3 Å². The molecule has 0 aromatic carbocycles. The molecule has 2 nitrogen and oxygen atoms in total. The van der Waals surface area contributed by atoms with Gasteiger partial charge in [-0.2, -0.15) is 0 Å². The lowest BCUT2D eigenvalue weighted by Gasteiger charge is -2.31. The summed E-state index contributed by atoms with van der Waals surface area (Å²) >= 11 is 0. The van der Waals surface area contributed by atoms with Crippen LogP contribution < -0.4 is 0 Å².